The van der Waals surface area contributed by atoms with Crippen molar-refractivity contribution in [3.8, 4) is 11.6 Å². The van der Waals surface area contributed by atoms with E-state index in [1.807, 2.05) is 60.5 Å². The predicted molar refractivity (Wildman–Crippen MR) is 137 cm³/mol. The Hall–Kier alpha value is -2.80. The average molecular weight is 516 g/mol. The minimum absolute atomic E-state index is 0.0984. The first-order valence-corrected chi connectivity index (χ1v) is 11.9. The van der Waals surface area contributed by atoms with Crippen LogP contribution in [0.4, 0.5) is 0 Å². The lowest BCUT2D eigenvalue weighted by atomic mass is 10.0. The zero-order chi connectivity index (χ0) is 24.1. The molecule has 2 aromatic rings. The van der Waals surface area contributed by atoms with E-state index in [0.29, 0.717) is 31.0 Å². The molecule has 1 aromatic heterocycles. The predicted octanol–water partition coefficient (Wildman–Crippen LogP) is 4.89. The molecule has 0 aliphatic heterocycles. The largest absolute Gasteiger partial charge is 0.491 e. The van der Waals surface area contributed by atoms with E-state index < -0.39 is 0 Å². The number of allylic oxidation sites excluding steroid dienone is 2. The first kappa shape index (κ1) is 26.5. The number of carbonyl (C=O) groups excluding carboxylic acids is 1. The number of pyridine rings is 1. The maximum absolute atomic E-state index is 13.1. The number of rotatable bonds is 13. The smallest absolute Gasteiger partial charge is 0.256 e. The lowest BCUT2D eigenvalue weighted by molar-refractivity contribution is -0.132. The minimum atomic E-state index is 0.0984. The second-order valence-electron chi connectivity index (χ2n) is 7.62. The fourth-order valence-electron chi connectivity index (χ4n) is 3.43. The average Bonchev–Trinajstić information content (AvgIpc) is 2.85. The van der Waals surface area contributed by atoms with Crippen molar-refractivity contribution in [1.29, 1.82) is 0 Å². The monoisotopic (exact) mass is 515 g/mol. The highest BCUT2D eigenvalue weighted by molar-refractivity contribution is 9.11. The van der Waals surface area contributed by atoms with Gasteiger partial charge in [0.25, 0.3) is 5.88 Å². The van der Waals surface area contributed by atoms with E-state index in [9.17, 15) is 4.79 Å². The van der Waals surface area contributed by atoms with Gasteiger partial charge in [-0.3, -0.25) is 4.79 Å². The van der Waals surface area contributed by atoms with Crippen molar-refractivity contribution in [1.82, 2.24) is 15.2 Å². The highest BCUT2D eigenvalue weighted by Gasteiger charge is 2.19. The second kappa shape index (κ2) is 14.4. The summed E-state index contributed by atoms with van der Waals surface area (Å²) in [5.41, 5.74) is 2.14. The molecule has 33 heavy (non-hydrogen) atoms. The fraction of sp³-hybridized carbons (Fsp3) is 0.385. The van der Waals surface area contributed by atoms with Crippen molar-refractivity contribution in [2.45, 2.75) is 38.6 Å². The number of aromatic nitrogens is 1. The zero-order valence-corrected chi connectivity index (χ0v) is 21.5. The Balaban J connectivity index is 2.08. The number of hydrogen-bond donors (Lipinski definition) is 1. The van der Waals surface area contributed by atoms with E-state index in [0.717, 1.165) is 23.1 Å². The summed E-state index contributed by atoms with van der Waals surface area (Å²) in [4.78, 5) is 19.6. The van der Waals surface area contributed by atoms with Gasteiger partial charge in [0.15, 0.2) is 5.75 Å². The standard InChI is InChI=1S/C26H34BrN3O3/c1-20(14-15-21-10-6-5-7-11-21)30(25(31)13-9-8-12-24(27)28-2)19-18-22-16-17-23(32-3)26(29-22)33-4/h5-12,16-17,20,28H,13-15,18-19H2,1-4H3/b9-8-,24-12-. The number of nitrogens with one attached hydrogen (secondary N) is 1. The molecule has 0 saturated carbocycles. The van der Waals surface area contributed by atoms with E-state index in [4.69, 9.17) is 9.47 Å². The second-order valence-corrected chi connectivity index (χ2v) is 8.48. The lowest BCUT2D eigenvalue weighted by Gasteiger charge is -2.29. The van der Waals surface area contributed by atoms with Crippen LogP contribution >= 0.6 is 15.9 Å². The topological polar surface area (TPSA) is 63.7 Å². The molecule has 0 aliphatic carbocycles. The van der Waals surface area contributed by atoms with Gasteiger partial charge in [-0.1, -0.05) is 42.5 Å². The third kappa shape index (κ3) is 8.92. The Morgan fingerprint density at radius 3 is 2.58 bits per heavy atom. The first-order valence-electron chi connectivity index (χ1n) is 11.1. The van der Waals surface area contributed by atoms with Gasteiger partial charge in [0, 0.05) is 38.2 Å². The van der Waals surface area contributed by atoms with Crippen molar-refractivity contribution in [2.75, 3.05) is 27.8 Å². The van der Waals surface area contributed by atoms with Gasteiger partial charge >= 0.3 is 0 Å². The van der Waals surface area contributed by atoms with Gasteiger partial charge < -0.3 is 19.7 Å². The van der Waals surface area contributed by atoms with Crippen LogP contribution in [0.3, 0.4) is 0 Å². The van der Waals surface area contributed by atoms with E-state index in [-0.39, 0.29) is 11.9 Å². The number of hydrogen-bond acceptors (Lipinski definition) is 5. The molecule has 1 N–H and O–H groups in total. The van der Waals surface area contributed by atoms with E-state index in [2.05, 4.69) is 45.3 Å². The summed E-state index contributed by atoms with van der Waals surface area (Å²) < 4.78 is 11.5. The SMILES string of the molecule is CN/C(Br)=C\C=C/CC(=O)N(CCc1ccc(OC)c(OC)n1)C(C)CCc1ccccc1. The van der Waals surface area contributed by atoms with Gasteiger partial charge in [-0.05, 0) is 59.5 Å². The van der Waals surface area contributed by atoms with Crippen molar-refractivity contribution >= 4 is 21.8 Å². The van der Waals surface area contributed by atoms with Crippen LogP contribution in [-0.2, 0) is 17.6 Å². The number of nitrogens with zero attached hydrogens (tertiary/aromatic N) is 2. The van der Waals surface area contributed by atoms with Gasteiger partial charge in [0.2, 0.25) is 5.91 Å². The normalized spacial score (nSPS) is 12.5. The first-order chi connectivity index (χ1) is 16.0. The number of amides is 1. The van der Waals surface area contributed by atoms with Crippen molar-refractivity contribution < 1.29 is 14.3 Å². The van der Waals surface area contributed by atoms with Crippen LogP contribution in [0.15, 0.2) is 65.3 Å². The molecule has 2 rings (SSSR count). The molecule has 0 bridgehead atoms. The lowest BCUT2D eigenvalue weighted by Crippen LogP contribution is -2.40. The summed E-state index contributed by atoms with van der Waals surface area (Å²) in [6, 6.07) is 14.2. The molecule has 0 fully saturated rings. The third-order valence-corrected chi connectivity index (χ3v) is 6.02. The molecule has 0 radical (unpaired) electrons. The summed E-state index contributed by atoms with van der Waals surface area (Å²) in [6.45, 7) is 2.70. The Labute approximate surface area is 205 Å². The van der Waals surface area contributed by atoms with Gasteiger partial charge in [0.1, 0.15) is 0 Å². The quantitative estimate of drug-likeness (QED) is 0.303. The molecule has 0 aliphatic rings. The molecular formula is C26H34BrN3O3. The molecule has 1 atom stereocenters. The van der Waals surface area contributed by atoms with Crippen LogP contribution in [0.2, 0.25) is 0 Å². The van der Waals surface area contributed by atoms with Gasteiger partial charge in [-0.2, -0.15) is 0 Å². The Morgan fingerprint density at radius 1 is 1.15 bits per heavy atom. The summed E-state index contributed by atoms with van der Waals surface area (Å²) in [7, 11) is 4.99. The maximum Gasteiger partial charge on any atom is 0.256 e. The van der Waals surface area contributed by atoms with E-state index >= 15 is 0 Å². The molecule has 0 saturated heterocycles. The Kier molecular flexibility index (Phi) is 11.5. The summed E-state index contributed by atoms with van der Waals surface area (Å²) in [6.07, 6.45) is 8.43. The molecular weight excluding hydrogens is 482 g/mol. The highest BCUT2D eigenvalue weighted by Crippen LogP contribution is 2.24. The van der Waals surface area contributed by atoms with Crippen LogP contribution in [-0.4, -0.2) is 49.6 Å². The van der Waals surface area contributed by atoms with Crippen LogP contribution < -0.4 is 14.8 Å². The van der Waals surface area contributed by atoms with Crippen molar-refractivity contribution in [3.63, 3.8) is 0 Å². The number of aryl methyl sites for hydroxylation is 1. The number of methoxy groups -OCH3 is 2. The summed E-state index contributed by atoms with van der Waals surface area (Å²) in [5, 5.41) is 2.99. The molecule has 6 nitrogen and oxygen atoms in total. The number of benzene rings is 1. The van der Waals surface area contributed by atoms with E-state index in [1.165, 1.54) is 5.56 Å². The molecule has 1 unspecified atom stereocenters. The summed E-state index contributed by atoms with van der Waals surface area (Å²) in [5.74, 6) is 1.15. The fourth-order valence-corrected chi connectivity index (χ4v) is 3.58. The molecule has 0 spiro atoms. The number of halogens is 1. The zero-order valence-electron chi connectivity index (χ0n) is 19.9. The molecule has 1 heterocycles. The Bertz CT molecular complexity index is 932. The van der Waals surface area contributed by atoms with Gasteiger partial charge in [-0.25, -0.2) is 4.98 Å². The van der Waals surface area contributed by atoms with Crippen LogP contribution in [0.25, 0.3) is 0 Å². The minimum Gasteiger partial charge on any atom is -0.491 e. The van der Waals surface area contributed by atoms with E-state index in [1.54, 1.807) is 14.2 Å². The van der Waals surface area contributed by atoms with Gasteiger partial charge in [0.05, 0.1) is 18.8 Å². The third-order valence-electron chi connectivity index (χ3n) is 5.36. The van der Waals surface area contributed by atoms with Crippen LogP contribution in [0, 0.1) is 0 Å². The maximum atomic E-state index is 13.1. The molecule has 1 amide bonds. The molecule has 7 heteroatoms. The number of carbonyl (C=O) groups is 1. The van der Waals surface area contributed by atoms with Crippen molar-refractivity contribution in [3.05, 3.63) is 76.6 Å². The highest BCUT2D eigenvalue weighted by atomic mass is 79.9. The molecule has 1 aromatic carbocycles. The van der Waals surface area contributed by atoms with Crippen LogP contribution in [0.1, 0.15) is 31.0 Å². The van der Waals surface area contributed by atoms with Crippen molar-refractivity contribution in [2.24, 2.45) is 0 Å². The molecule has 178 valence electrons. The number of ether oxygens (including phenoxy) is 2. The van der Waals surface area contributed by atoms with Gasteiger partial charge in [-0.15, -0.1) is 0 Å². The summed E-state index contributed by atoms with van der Waals surface area (Å²) >= 11 is 3.39. The Morgan fingerprint density at radius 2 is 1.91 bits per heavy atom. The van der Waals surface area contributed by atoms with Crippen LogP contribution in [0.5, 0.6) is 11.6 Å².